The summed E-state index contributed by atoms with van der Waals surface area (Å²) in [4.78, 5) is 69.2. The van der Waals surface area contributed by atoms with Crippen LogP contribution in [0.15, 0.2) is 70.6 Å². The normalized spacial score (nSPS) is 33.2. The predicted octanol–water partition coefficient (Wildman–Crippen LogP) is 3.80. The molecule has 0 spiro atoms. The van der Waals surface area contributed by atoms with Gasteiger partial charge in [-0.15, -0.1) is 0 Å². The van der Waals surface area contributed by atoms with E-state index in [4.69, 9.17) is 27.9 Å². The quantitative estimate of drug-likeness (QED) is 0.244. The maximum atomic E-state index is 15.6. The molecule has 53 heavy (non-hydrogen) atoms. The predicted molar refractivity (Wildman–Crippen MR) is 183 cm³/mol. The van der Waals surface area contributed by atoms with Crippen LogP contribution in [0.25, 0.3) is 0 Å². The highest BCUT2D eigenvalue weighted by atomic mass is 32.2. The second kappa shape index (κ2) is 13.1. The first-order valence-electron chi connectivity index (χ1n) is 17.1. The van der Waals surface area contributed by atoms with Crippen molar-refractivity contribution in [2.24, 2.45) is 16.7 Å². The third-order valence-corrected chi connectivity index (χ3v) is 13.0. The SMILES string of the molecule is COC(=O)O[C@H]1C(=O)[C@]2(C)[C@@H](OS(=O)(=O)c3ccc(C)cc3)C[C@H]3OC[C@@]3(OC(C)=O)[C@H]2[C@H](OC(=O)c2ccccc2)[C@]2(O)CC(=O)C(C)=C1C2(C)C. The molecule has 2 aromatic rings. The average Bonchev–Trinajstić information content (AvgIpc) is 3.09. The van der Waals surface area contributed by atoms with Crippen molar-refractivity contribution in [1.29, 1.82) is 0 Å². The zero-order valence-electron chi connectivity index (χ0n) is 30.4. The maximum absolute atomic E-state index is 15.6. The Morgan fingerprint density at radius 1 is 0.943 bits per heavy atom. The summed E-state index contributed by atoms with van der Waals surface area (Å²) in [7, 11) is -3.64. The Morgan fingerprint density at radius 3 is 2.15 bits per heavy atom. The van der Waals surface area contributed by atoms with E-state index in [0.29, 0.717) is 0 Å². The van der Waals surface area contributed by atoms with Crippen molar-refractivity contribution in [2.45, 2.75) is 94.9 Å². The topological polar surface area (TPSA) is 195 Å². The fraction of sp³-hybridized carbons (Fsp3) is 0.500. The third kappa shape index (κ3) is 5.88. The Balaban J connectivity index is 1.67. The fourth-order valence-corrected chi connectivity index (χ4v) is 9.90. The number of ether oxygens (including phenoxy) is 5. The molecular formula is C38H42O14S. The molecule has 8 atom stereocenters. The number of hydrogen-bond donors (Lipinski definition) is 1. The van der Waals surface area contributed by atoms with E-state index in [2.05, 4.69) is 0 Å². The van der Waals surface area contributed by atoms with Gasteiger partial charge in [0, 0.05) is 25.2 Å². The molecule has 2 saturated carbocycles. The molecule has 3 aliphatic carbocycles. The van der Waals surface area contributed by atoms with Crippen LogP contribution in [0, 0.1) is 23.7 Å². The number of Topliss-reactive ketones (excluding diaryl/α,β-unsaturated/α-hetero) is 2. The minimum absolute atomic E-state index is 0.00257. The Bertz CT molecular complexity index is 2000. The number of aryl methyl sites for hydroxylation is 1. The second-order valence-electron chi connectivity index (χ2n) is 14.9. The number of esters is 2. The molecule has 14 nitrogen and oxygen atoms in total. The number of methoxy groups -OCH3 is 1. The number of rotatable bonds is 7. The van der Waals surface area contributed by atoms with Crippen molar-refractivity contribution in [2.75, 3.05) is 13.7 Å². The lowest BCUT2D eigenvalue weighted by atomic mass is 9.44. The second-order valence-corrected chi connectivity index (χ2v) is 16.5. The van der Waals surface area contributed by atoms with Crippen LogP contribution in [-0.2, 0) is 52.4 Å². The lowest BCUT2D eigenvalue weighted by molar-refractivity contribution is -0.342. The standard InChI is InChI=1S/C38H42O14S/c1-20-13-15-24(16-14-20)53(45,46)52-26-17-27-37(19-48-27,51-22(3)39)30-32(50-33(42)23-11-9-8-10-12-23)38(44)18-25(40)21(2)28(35(38,4)5)29(49-34(43)47-7)31(41)36(26,30)6/h8-16,26-27,29-30,32,44H,17-19H2,1-7H3/t26-,27+,29+,30-,32-,36+,37-,38+/m0/s1. The van der Waals surface area contributed by atoms with Crippen molar-refractivity contribution in [3.63, 3.8) is 0 Å². The number of carbonyl (C=O) groups is 5. The minimum atomic E-state index is -4.66. The van der Waals surface area contributed by atoms with Crippen LogP contribution in [0.1, 0.15) is 63.4 Å². The number of ketones is 2. The molecule has 4 aliphatic rings. The zero-order chi connectivity index (χ0) is 38.9. The lowest BCUT2D eigenvalue weighted by Crippen LogP contribution is -2.82. The lowest BCUT2D eigenvalue weighted by Gasteiger charge is -2.67. The van der Waals surface area contributed by atoms with Gasteiger partial charge in [-0.1, -0.05) is 49.7 Å². The molecule has 1 aliphatic heterocycles. The first kappa shape index (κ1) is 38.3. The molecule has 0 amide bonds. The van der Waals surface area contributed by atoms with E-state index in [1.807, 2.05) is 0 Å². The van der Waals surface area contributed by atoms with Gasteiger partial charge in [-0.3, -0.25) is 18.6 Å². The van der Waals surface area contributed by atoms with Crippen molar-refractivity contribution < 1.29 is 65.4 Å². The van der Waals surface area contributed by atoms with Crippen LogP contribution in [0.5, 0.6) is 0 Å². The molecule has 6 rings (SSSR count). The summed E-state index contributed by atoms with van der Waals surface area (Å²) in [5.41, 5.74) is -7.45. The Kier molecular flexibility index (Phi) is 9.50. The van der Waals surface area contributed by atoms with Crippen LogP contribution in [-0.4, -0.2) is 92.5 Å². The van der Waals surface area contributed by atoms with Crippen molar-refractivity contribution in [3.8, 4) is 0 Å². The molecule has 2 aromatic carbocycles. The van der Waals surface area contributed by atoms with E-state index < -0.39 is 98.6 Å². The molecule has 3 fully saturated rings. The average molecular weight is 755 g/mol. The number of hydrogen-bond acceptors (Lipinski definition) is 14. The fourth-order valence-electron chi connectivity index (χ4n) is 8.73. The van der Waals surface area contributed by atoms with Crippen LogP contribution >= 0.6 is 0 Å². The molecule has 1 N–H and O–H groups in total. The van der Waals surface area contributed by atoms with Gasteiger partial charge in [0.05, 0.1) is 41.6 Å². The summed E-state index contributed by atoms with van der Waals surface area (Å²) in [6.45, 7) is 8.30. The third-order valence-electron chi connectivity index (χ3n) is 11.6. The van der Waals surface area contributed by atoms with Gasteiger partial charge in [-0.2, -0.15) is 8.42 Å². The van der Waals surface area contributed by atoms with Crippen LogP contribution in [0.4, 0.5) is 4.79 Å². The highest BCUT2D eigenvalue weighted by molar-refractivity contribution is 7.86. The van der Waals surface area contributed by atoms with Crippen molar-refractivity contribution >= 4 is 39.8 Å². The monoisotopic (exact) mass is 754 g/mol. The highest BCUT2D eigenvalue weighted by Gasteiger charge is 2.79. The van der Waals surface area contributed by atoms with Crippen LogP contribution in [0.2, 0.25) is 0 Å². The molecule has 1 saturated heterocycles. The van der Waals surface area contributed by atoms with Gasteiger partial charge in [-0.25, -0.2) is 9.59 Å². The molecule has 15 heteroatoms. The zero-order valence-corrected chi connectivity index (χ0v) is 31.2. The van der Waals surface area contributed by atoms with Gasteiger partial charge in [-0.05, 0) is 56.2 Å². The van der Waals surface area contributed by atoms with Gasteiger partial charge >= 0.3 is 18.1 Å². The van der Waals surface area contributed by atoms with E-state index in [0.717, 1.165) is 19.6 Å². The molecule has 284 valence electrons. The largest absolute Gasteiger partial charge is 0.509 e. The molecule has 2 bridgehead atoms. The van der Waals surface area contributed by atoms with E-state index in [-0.39, 0.29) is 34.6 Å². The first-order valence-corrected chi connectivity index (χ1v) is 18.5. The summed E-state index contributed by atoms with van der Waals surface area (Å²) in [6, 6.07) is 13.6. The molecule has 1 heterocycles. The van der Waals surface area contributed by atoms with Crippen molar-refractivity contribution in [1.82, 2.24) is 0 Å². The number of carbonyl (C=O) groups excluding carboxylic acids is 5. The van der Waals surface area contributed by atoms with E-state index in [1.54, 1.807) is 37.3 Å². The van der Waals surface area contributed by atoms with E-state index >= 15 is 4.79 Å². The van der Waals surface area contributed by atoms with Gasteiger partial charge in [0.25, 0.3) is 10.1 Å². The smallest absolute Gasteiger partial charge is 0.455 e. The number of allylic oxidation sites excluding steroid dienone is 1. The van der Waals surface area contributed by atoms with Gasteiger partial charge in [0.15, 0.2) is 23.3 Å². The van der Waals surface area contributed by atoms with Crippen LogP contribution < -0.4 is 0 Å². The summed E-state index contributed by atoms with van der Waals surface area (Å²) >= 11 is 0. The summed E-state index contributed by atoms with van der Waals surface area (Å²) in [5, 5.41) is 13.2. The Morgan fingerprint density at radius 2 is 1.58 bits per heavy atom. The summed E-state index contributed by atoms with van der Waals surface area (Å²) in [6.07, 6.45) is -8.94. The van der Waals surface area contributed by atoms with E-state index in [1.165, 1.54) is 52.0 Å². The summed E-state index contributed by atoms with van der Waals surface area (Å²) < 4.78 is 62.7. The molecule has 0 radical (unpaired) electrons. The van der Waals surface area contributed by atoms with Crippen LogP contribution in [0.3, 0.4) is 0 Å². The van der Waals surface area contributed by atoms with Gasteiger partial charge in [0.2, 0.25) is 0 Å². The Labute approximate surface area is 306 Å². The maximum Gasteiger partial charge on any atom is 0.509 e. The number of aliphatic hydroxyl groups is 1. The number of fused-ring (bicyclic) bond motifs is 5. The van der Waals surface area contributed by atoms with Gasteiger partial charge < -0.3 is 28.8 Å². The first-order chi connectivity index (χ1) is 24.7. The molecule has 0 unspecified atom stereocenters. The van der Waals surface area contributed by atoms with Crippen molar-refractivity contribution in [3.05, 3.63) is 76.9 Å². The summed E-state index contributed by atoms with van der Waals surface area (Å²) in [5.74, 6) is -5.06. The number of benzene rings is 2. The Hall–Kier alpha value is -4.44. The van der Waals surface area contributed by atoms with Gasteiger partial charge in [0.1, 0.15) is 17.8 Å². The molecular weight excluding hydrogens is 712 g/mol. The minimum Gasteiger partial charge on any atom is -0.455 e. The highest BCUT2D eigenvalue weighted by Crippen LogP contribution is 2.64. The molecule has 0 aromatic heterocycles. The van der Waals surface area contributed by atoms with E-state index in [9.17, 15) is 32.7 Å².